The van der Waals surface area contributed by atoms with Crippen molar-refractivity contribution in [3.05, 3.63) is 34.3 Å². The number of nitrogens with one attached hydrogen (secondary N) is 1. The largest absolute Gasteiger partial charge is 0.396 e. The Kier molecular flexibility index (Phi) is 4.66. The highest BCUT2D eigenvalue weighted by Gasteiger charge is 2.24. The molecule has 0 aliphatic heterocycles. The summed E-state index contributed by atoms with van der Waals surface area (Å²) in [6.45, 7) is 4.65. The average Bonchev–Trinajstić information content (AvgIpc) is 2.69. The third-order valence-corrected chi connectivity index (χ3v) is 4.03. The van der Waals surface area contributed by atoms with Crippen molar-refractivity contribution in [2.75, 3.05) is 6.61 Å². The number of aliphatic hydroxyl groups excluding tert-OH is 1. The molecule has 0 spiro atoms. The molecule has 0 bridgehead atoms. The van der Waals surface area contributed by atoms with Crippen LogP contribution in [0.2, 0.25) is 5.02 Å². The zero-order chi connectivity index (χ0) is 13.1. The molecule has 100 valence electrons. The first-order valence-corrected chi connectivity index (χ1v) is 7.12. The van der Waals surface area contributed by atoms with Crippen molar-refractivity contribution in [1.29, 1.82) is 0 Å². The van der Waals surface area contributed by atoms with Gasteiger partial charge in [-0.25, -0.2) is 0 Å². The summed E-state index contributed by atoms with van der Waals surface area (Å²) in [4.78, 5) is 0. The smallest absolute Gasteiger partial charge is 0.0445 e. The first-order valence-electron chi connectivity index (χ1n) is 6.74. The van der Waals surface area contributed by atoms with E-state index in [0.717, 1.165) is 24.3 Å². The third-order valence-electron chi connectivity index (χ3n) is 3.80. The Morgan fingerprint density at radius 2 is 2.06 bits per heavy atom. The van der Waals surface area contributed by atoms with Gasteiger partial charge in [0.2, 0.25) is 0 Å². The second-order valence-electron chi connectivity index (χ2n) is 5.55. The monoisotopic (exact) mass is 267 g/mol. The van der Waals surface area contributed by atoms with Crippen LogP contribution >= 0.6 is 11.6 Å². The minimum absolute atomic E-state index is 0.251. The maximum Gasteiger partial charge on any atom is 0.0445 e. The highest BCUT2D eigenvalue weighted by Crippen LogP contribution is 2.26. The van der Waals surface area contributed by atoms with Crippen molar-refractivity contribution in [1.82, 2.24) is 5.32 Å². The van der Waals surface area contributed by atoms with Gasteiger partial charge in [0.05, 0.1) is 0 Å². The molecule has 0 amide bonds. The van der Waals surface area contributed by atoms with Crippen molar-refractivity contribution in [2.45, 2.75) is 45.2 Å². The molecule has 2 N–H and O–H groups in total. The van der Waals surface area contributed by atoms with Gasteiger partial charge in [0, 0.05) is 23.7 Å². The van der Waals surface area contributed by atoms with Crippen LogP contribution in [-0.4, -0.2) is 23.8 Å². The van der Waals surface area contributed by atoms with Crippen molar-refractivity contribution < 1.29 is 5.11 Å². The van der Waals surface area contributed by atoms with E-state index < -0.39 is 0 Å². The zero-order valence-corrected chi connectivity index (χ0v) is 11.9. The number of benzene rings is 1. The zero-order valence-electron chi connectivity index (χ0n) is 11.1. The van der Waals surface area contributed by atoms with E-state index in [1.807, 2.05) is 6.07 Å². The molecule has 2 nitrogen and oxygen atoms in total. The predicted octanol–water partition coefficient (Wildman–Crippen LogP) is 2.80. The fraction of sp³-hybridized carbons (Fsp3) is 0.600. The molecule has 1 aromatic carbocycles. The molecule has 18 heavy (non-hydrogen) atoms. The molecule has 0 saturated heterocycles. The maximum atomic E-state index is 9.11. The fourth-order valence-corrected chi connectivity index (χ4v) is 2.95. The summed E-state index contributed by atoms with van der Waals surface area (Å²) in [5, 5.41) is 13.6. The van der Waals surface area contributed by atoms with Gasteiger partial charge in [0.1, 0.15) is 0 Å². The normalized spacial score (nSPS) is 20.2. The molecule has 0 saturated carbocycles. The number of fused-ring (bicyclic) bond motifs is 1. The molecular weight excluding hydrogens is 246 g/mol. The maximum absolute atomic E-state index is 9.11. The summed E-state index contributed by atoms with van der Waals surface area (Å²) in [5.41, 5.74) is 2.77. The Bertz CT molecular complexity index is 405. The van der Waals surface area contributed by atoms with Crippen LogP contribution in [0.1, 0.15) is 31.4 Å². The van der Waals surface area contributed by atoms with Crippen LogP contribution in [0.5, 0.6) is 0 Å². The van der Waals surface area contributed by atoms with Gasteiger partial charge in [-0.1, -0.05) is 31.5 Å². The van der Waals surface area contributed by atoms with Gasteiger partial charge >= 0.3 is 0 Å². The lowest BCUT2D eigenvalue weighted by Crippen LogP contribution is -2.42. The van der Waals surface area contributed by atoms with E-state index in [2.05, 4.69) is 31.3 Å². The SMILES string of the molecule is CC(C)C(CCO)NC1Cc2ccc(Cl)cc2C1. The summed E-state index contributed by atoms with van der Waals surface area (Å²) in [6.07, 6.45) is 2.94. The van der Waals surface area contributed by atoms with Gasteiger partial charge < -0.3 is 10.4 Å². The highest BCUT2D eigenvalue weighted by molar-refractivity contribution is 6.30. The number of halogens is 1. The van der Waals surface area contributed by atoms with Crippen molar-refractivity contribution in [3.8, 4) is 0 Å². The molecular formula is C15H22ClNO. The lowest BCUT2D eigenvalue weighted by molar-refractivity contribution is 0.235. The van der Waals surface area contributed by atoms with Gasteiger partial charge in [0.25, 0.3) is 0 Å². The van der Waals surface area contributed by atoms with Crippen LogP contribution in [0.3, 0.4) is 0 Å². The van der Waals surface area contributed by atoms with Gasteiger partial charge in [-0.2, -0.15) is 0 Å². The van der Waals surface area contributed by atoms with Crippen LogP contribution in [0.25, 0.3) is 0 Å². The van der Waals surface area contributed by atoms with Crippen LogP contribution in [-0.2, 0) is 12.8 Å². The van der Waals surface area contributed by atoms with E-state index >= 15 is 0 Å². The Hall–Kier alpha value is -0.570. The standard InChI is InChI=1S/C15H22ClNO/c1-10(2)15(5-6-18)17-14-8-11-3-4-13(16)7-12(11)9-14/h3-4,7,10,14-15,17-18H,5-6,8-9H2,1-2H3. The van der Waals surface area contributed by atoms with Crippen LogP contribution in [0.4, 0.5) is 0 Å². The summed E-state index contributed by atoms with van der Waals surface area (Å²) < 4.78 is 0. The van der Waals surface area contributed by atoms with Crippen LogP contribution in [0, 0.1) is 5.92 Å². The molecule has 3 heteroatoms. The summed E-state index contributed by atoms with van der Waals surface area (Å²) in [6, 6.07) is 7.06. The first-order chi connectivity index (χ1) is 8.60. The second kappa shape index (κ2) is 6.05. The lowest BCUT2D eigenvalue weighted by atomic mass is 9.99. The number of aliphatic hydroxyl groups is 1. The van der Waals surface area contributed by atoms with Gasteiger partial charge in [-0.3, -0.25) is 0 Å². The van der Waals surface area contributed by atoms with E-state index in [-0.39, 0.29) is 6.61 Å². The van der Waals surface area contributed by atoms with Gasteiger partial charge in [-0.15, -0.1) is 0 Å². The summed E-state index contributed by atoms with van der Waals surface area (Å²) >= 11 is 6.02. The summed E-state index contributed by atoms with van der Waals surface area (Å²) in [7, 11) is 0. The van der Waals surface area contributed by atoms with E-state index in [1.165, 1.54) is 11.1 Å². The number of hydrogen-bond acceptors (Lipinski definition) is 2. The van der Waals surface area contributed by atoms with Crippen molar-refractivity contribution in [3.63, 3.8) is 0 Å². The molecule has 0 fully saturated rings. The van der Waals surface area contributed by atoms with Crippen molar-refractivity contribution >= 4 is 11.6 Å². The Morgan fingerprint density at radius 3 is 2.72 bits per heavy atom. The minimum atomic E-state index is 0.251. The first kappa shape index (κ1) is 13.9. The Morgan fingerprint density at radius 1 is 1.33 bits per heavy atom. The van der Waals surface area contributed by atoms with Gasteiger partial charge in [-0.05, 0) is 48.4 Å². The molecule has 2 rings (SSSR count). The molecule has 0 heterocycles. The van der Waals surface area contributed by atoms with E-state index in [9.17, 15) is 0 Å². The average molecular weight is 268 g/mol. The fourth-order valence-electron chi connectivity index (χ4n) is 2.76. The molecule has 1 aliphatic carbocycles. The Labute approximate surface area is 114 Å². The summed E-state index contributed by atoms with van der Waals surface area (Å²) in [5.74, 6) is 0.546. The topological polar surface area (TPSA) is 32.3 Å². The minimum Gasteiger partial charge on any atom is -0.396 e. The van der Waals surface area contributed by atoms with E-state index in [4.69, 9.17) is 16.7 Å². The molecule has 2 atom stereocenters. The Balaban J connectivity index is 1.98. The molecule has 0 radical (unpaired) electrons. The molecule has 1 aromatic rings. The highest BCUT2D eigenvalue weighted by atomic mass is 35.5. The third kappa shape index (κ3) is 3.25. The number of rotatable bonds is 5. The van der Waals surface area contributed by atoms with Gasteiger partial charge in [0.15, 0.2) is 0 Å². The quantitative estimate of drug-likeness (QED) is 0.860. The lowest BCUT2D eigenvalue weighted by Gasteiger charge is -2.25. The molecule has 2 unspecified atom stereocenters. The molecule has 1 aliphatic rings. The second-order valence-corrected chi connectivity index (χ2v) is 5.98. The van der Waals surface area contributed by atoms with E-state index in [0.29, 0.717) is 18.0 Å². The predicted molar refractivity (Wildman–Crippen MR) is 76.1 cm³/mol. The van der Waals surface area contributed by atoms with E-state index in [1.54, 1.807) is 0 Å². The van der Waals surface area contributed by atoms with Crippen LogP contribution in [0.15, 0.2) is 18.2 Å². The molecule has 0 aromatic heterocycles. The van der Waals surface area contributed by atoms with Crippen LogP contribution < -0.4 is 5.32 Å². The number of hydrogen-bond donors (Lipinski definition) is 2. The van der Waals surface area contributed by atoms with Crippen molar-refractivity contribution in [2.24, 2.45) is 5.92 Å².